The fourth-order valence-corrected chi connectivity index (χ4v) is 3.43. The van der Waals surface area contributed by atoms with Crippen LogP contribution in [0.4, 0.5) is 4.39 Å². The van der Waals surface area contributed by atoms with Crippen molar-refractivity contribution in [3.05, 3.63) is 35.6 Å². The molecular weight excluding hydrogens is 323 g/mol. The lowest BCUT2D eigenvalue weighted by atomic mass is 10.0. The summed E-state index contributed by atoms with van der Waals surface area (Å²) in [5.74, 6) is -0.163. The van der Waals surface area contributed by atoms with Crippen molar-refractivity contribution in [1.82, 2.24) is 10.2 Å². The van der Waals surface area contributed by atoms with Crippen molar-refractivity contribution in [3.63, 3.8) is 0 Å². The van der Waals surface area contributed by atoms with E-state index in [4.69, 9.17) is 4.74 Å². The molecule has 0 radical (unpaired) electrons. The molecule has 2 aliphatic rings. The molecule has 0 spiro atoms. The van der Waals surface area contributed by atoms with E-state index in [-0.39, 0.29) is 29.8 Å². The SMILES string of the molecule is O=C(CCc1ccc(F)cc1)NC1CCN(C(=O)C2CCCO2)CC1. The molecule has 0 bridgehead atoms. The Bertz CT molecular complexity index is 591. The van der Waals surface area contributed by atoms with E-state index in [1.165, 1.54) is 12.1 Å². The van der Waals surface area contributed by atoms with Crippen LogP contribution in [0.2, 0.25) is 0 Å². The molecule has 1 aromatic carbocycles. The van der Waals surface area contributed by atoms with Crippen LogP contribution in [0.25, 0.3) is 0 Å². The molecule has 1 aromatic rings. The molecule has 2 aliphatic heterocycles. The van der Waals surface area contributed by atoms with Gasteiger partial charge in [-0.05, 0) is 49.8 Å². The Morgan fingerprint density at radius 3 is 2.52 bits per heavy atom. The van der Waals surface area contributed by atoms with Gasteiger partial charge in [0, 0.05) is 32.2 Å². The van der Waals surface area contributed by atoms with Gasteiger partial charge in [-0.3, -0.25) is 9.59 Å². The summed E-state index contributed by atoms with van der Waals surface area (Å²) in [5.41, 5.74) is 0.952. The van der Waals surface area contributed by atoms with Crippen LogP contribution < -0.4 is 5.32 Å². The predicted octanol–water partition coefficient (Wildman–Crippen LogP) is 2.04. The van der Waals surface area contributed by atoms with Gasteiger partial charge in [-0.1, -0.05) is 12.1 Å². The zero-order valence-corrected chi connectivity index (χ0v) is 14.4. The fraction of sp³-hybridized carbons (Fsp3) is 0.579. The standard InChI is InChI=1S/C19H25FN2O3/c20-15-6-3-14(4-7-15)5-8-18(23)21-16-9-11-22(12-10-16)19(24)17-2-1-13-25-17/h3-4,6-7,16-17H,1-2,5,8-13H2,(H,21,23). The zero-order valence-electron chi connectivity index (χ0n) is 14.4. The number of amides is 2. The Morgan fingerprint density at radius 2 is 1.88 bits per heavy atom. The second kappa shape index (κ2) is 8.43. The van der Waals surface area contributed by atoms with Crippen molar-refractivity contribution < 1.29 is 18.7 Å². The average Bonchev–Trinajstić information content (AvgIpc) is 3.16. The molecule has 136 valence electrons. The maximum atomic E-state index is 12.9. The van der Waals surface area contributed by atoms with Gasteiger partial charge in [0.05, 0.1) is 0 Å². The summed E-state index contributed by atoms with van der Waals surface area (Å²) in [6, 6.07) is 6.35. The van der Waals surface area contributed by atoms with Gasteiger partial charge in [0.2, 0.25) is 5.91 Å². The molecule has 6 heteroatoms. The van der Waals surface area contributed by atoms with Gasteiger partial charge in [-0.25, -0.2) is 4.39 Å². The molecule has 2 amide bonds. The number of rotatable bonds is 5. The Hall–Kier alpha value is -1.95. The van der Waals surface area contributed by atoms with E-state index in [2.05, 4.69) is 5.32 Å². The number of benzene rings is 1. The predicted molar refractivity (Wildman–Crippen MR) is 91.4 cm³/mol. The van der Waals surface area contributed by atoms with E-state index in [0.717, 1.165) is 31.2 Å². The van der Waals surface area contributed by atoms with Crippen molar-refractivity contribution in [2.24, 2.45) is 0 Å². The number of aryl methyl sites for hydroxylation is 1. The first-order valence-corrected chi connectivity index (χ1v) is 9.06. The molecule has 2 saturated heterocycles. The lowest BCUT2D eigenvalue weighted by Crippen LogP contribution is -2.49. The molecule has 3 rings (SSSR count). The number of piperidine rings is 1. The van der Waals surface area contributed by atoms with Crippen molar-refractivity contribution in [3.8, 4) is 0 Å². The van der Waals surface area contributed by atoms with E-state index in [1.54, 1.807) is 12.1 Å². The van der Waals surface area contributed by atoms with Gasteiger partial charge in [0.1, 0.15) is 11.9 Å². The second-order valence-electron chi connectivity index (χ2n) is 6.80. The minimum absolute atomic E-state index is 0.00762. The number of halogens is 1. The number of nitrogens with one attached hydrogen (secondary N) is 1. The van der Waals surface area contributed by atoms with Crippen molar-refractivity contribution in [2.45, 2.75) is 50.7 Å². The van der Waals surface area contributed by atoms with E-state index in [9.17, 15) is 14.0 Å². The number of ether oxygens (including phenoxy) is 1. The topological polar surface area (TPSA) is 58.6 Å². The number of carbonyl (C=O) groups is 2. The van der Waals surface area contributed by atoms with Crippen molar-refractivity contribution in [2.75, 3.05) is 19.7 Å². The molecule has 0 aromatic heterocycles. The van der Waals surface area contributed by atoms with Gasteiger partial charge >= 0.3 is 0 Å². The van der Waals surface area contributed by atoms with Gasteiger partial charge in [-0.2, -0.15) is 0 Å². The van der Waals surface area contributed by atoms with Crippen molar-refractivity contribution in [1.29, 1.82) is 0 Å². The summed E-state index contributed by atoms with van der Waals surface area (Å²) in [7, 11) is 0. The van der Waals surface area contributed by atoms with Crippen molar-refractivity contribution >= 4 is 11.8 Å². The normalized spacial score (nSPS) is 21.3. The molecular formula is C19H25FN2O3. The highest BCUT2D eigenvalue weighted by molar-refractivity contribution is 5.81. The lowest BCUT2D eigenvalue weighted by Gasteiger charge is -2.33. The monoisotopic (exact) mass is 348 g/mol. The van der Waals surface area contributed by atoms with E-state index in [0.29, 0.717) is 32.5 Å². The summed E-state index contributed by atoms with van der Waals surface area (Å²) in [6.45, 7) is 2.01. The van der Waals surface area contributed by atoms with E-state index in [1.807, 2.05) is 4.90 Å². The summed E-state index contributed by atoms with van der Waals surface area (Å²) < 4.78 is 18.3. The number of hydrogen-bond donors (Lipinski definition) is 1. The third kappa shape index (κ3) is 5.01. The summed E-state index contributed by atoms with van der Waals surface area (Å²) in [4.78, 5) is 26.2. The van der Waals surface area contributed by atoms with Crippen LogP contribution in [0, 0.1) is 5.82 Å². The average molecular weight is 348 g/mol. The van der Waals surface area contributed by atoms with Crippen LogP contribution in [0.3, 0.4) is 0 Å². The smallest absolute Gasteiger partial charge is 0.251 e. The molecule has 0 aliphatic carbocycles. The summed E-state index contributed by atoms with van der Waals surface area (Å²) in [6.07, 6.45) is 4.06. The van der Waals surface area contributed by atoms with E-state index < -0.39 is 0 Å². The molecule has 0 saturated carbocycles. The van der Waals surface area contributed by atoms with Crippen LogP contribution in [-0.4, -0.2) is 48.6 Å². The number of nitrogens with zero attached hydrogens (tertiary/aromatic N) is 1. The van der Waals surface area contributed by atoms with Gasteiger partial charge in [-0.15, -0.1) is 0 Å². The second-order valence-corrected chi connectivity index (χ2v) is 6.80. The van der Waals surface area contributed by atoms with Crippen LogP contribution in [0.15, 0.2) is 24.3 Å². The van der Waals surface area contributed by atoms with E-state index >= 15 is 0 Å². The van der Waals surface area contributed by atoms with Crippen LogP contribution in [0.1, 0.15) is 37.7 Å². The highest BCUT2D eigenvalue weighted by Gasteiger charge is 2.31. The highest BCUT2D eigenvalue weighted by Crippen LogP contribution is 2.18. The van der Waals surface area contributed by atoms with Crippen LogP contribution in [-0.2, 0) is 20.7 Å². The summed E-state index contributed by atoms with van der Waals surface area (Å²) >= 11 is 0. The molecule has 1 unspecified atom stereocenters. The Morgan fingerprint density at radius 1 is 1.16 bits per heavy atom. The van der Waals surface area contributed by atoms with Gasteiger partial charge in [0.25, 0.3) is 5.91 Å². The summed E-state index contributed by atoms with van der Waals surface area (Å²) in [5, 5.41) is 3.05. The Kier molecular flexibility index (Phi) is 6.02. The lowest BCUT2D eigenvalue weighted by molar-refractivity contribution is -0.142. The quantitative estimate of drug-likeness (QED) is 0.886. The maximum Gasteiger partial charge on any atom is 0.251 e. The molecule has 2 fully saturated rings. The zero-order chi connectivity index (χ0) is 17.6. The number of carbonyl (C=O) groups excluding carboxylic acids is 2. The van der Waals surface area contributed by atoms with Gasteiger partial charge in [0.15, 0.2) is 0 Å². The molecule has 5 nitrogen and oxygen atoms in total. The minimum atomic E-state index is -0.266. The number of likely N-dealkylation sites (tertiary alicyclic amines) is 1. The van der Waals surface area contributed by atoms with Gasteiger partial charge < -0.3 is 15.0 Å². The third-order valence-electron chi connectivity index (χ3n) is 4.93. The Balaban J connectivity index is 1.37. The molecule has 2 heterocycles. The fourth-order valence-electron chi connectivity index (χ4n) is 3.43. The molecule has 1 atom stereocenters. The largest absolute Gasteiger partial charge is 0.368 e. The molecule has 1 N–H and O–H groups in total. The van der Waals surface area contributed by atoms with Crippen LogP contribution in [0.5, 0.6) is 0 Å². The van der Waals surface area contributed by atoms with Crippen LogP contribution >= 0.6 is 0 Å². The first kappa shape index (κ1) is 17.9. The first-order chi connectivity index (χ1) is 12.1. The minimum Gasteiger partial charge on any atom is -0.368 e. The third-order valence-corrected chi connectivity index (χ3v) is 4.93. The molecule has 25 heavy (non-hydrogen) atoms. The highest BCUT2D eigenvalue weighted by atomic mass is 19.1. The first-order valence-electron chi connectivity index (χ1n) is 9.06. The maximum absolute atomic E-state index is 12.9. The number of hydrogen-bond acceptors (Lipinski definition) is 3. The Labute approximate surface area is 147 Å².